The molecule has 9 aromatic rings. The molecule has 0 amide bonds. The predicted molar refractivity (Wildman–Crippen MR) is 277 cm³/mol. The van der Waals surface area contributed by atoms with Crippen LogP contribution in [-0.4, -0.2) is 55.1 Å². The first kappa shape index (κ1) is 47.4. The number of ketones is 6. The lowest BCUT2D eigenvalue weighted by atomic mass is 9.81. The van der Waals surface area contributed by atoms with E-state index in [1.54, 1.807) is 42.5 Å². The summed E-state index contributed by atoms with van der Waals surface area (Å²) in [6, 6.07) is 40.7. The van der Waals surface area contributed by atoms with Crippen LogP contribution in [0.5, 0.6) is 23.0 Å². The van der Waals surface area contributed by atoms with Crippen LogP contribution in [0, 0.1) is 12.3 Å². The van der Waals surface area contributed by atoms with Gasteiger partial charge in [-0.3, -0.25) is 28.8 Å². The van der Waals surface area contributed by atoms with Gasteiger partial charge in [-0.05, 0) is 82.2 Å². The summed E-state index contributed by atoms with van der Waals surface area (Å²) in [5, 5.41) is 44.1. The molecule has 0 atom stereocenters. The van der Waals surface area contributed by atoms with Crippen molar-refractivity contribution in [1.29, 1.82) is 0 Å². The van der Waals surface area contributed by atoms with E-state index in [1.165, 1.54) is 64.7 Å². The van der Waals surface area contributed by atoms with Crippen molar-refractivity contribution in [2.45, 2.75) is 0 Å². The highest BCUT2D eigenvalue weighted by Gasteiger charge is 2.38. The maximum Gasteiger partial charge on any atom is 0.202 e. The first-order valence-electron chi connectivity index (χ1n) is 22.0. The molecular formula is C58H39N5O10. The van der Waals surface area contributed by atoms with Crippen LogP contribution in [0.15, 0.2) is 146 Å². The molecule has 0 aliphatic heterocycles. The number of nitrogen functional groups attached to an aromatic ring is 5. The van der Waals surface area contributed by atoms with E-state index in [1.807, 2.05) is 12.1 Å². The summed E-state index contributed by atoms with van der Waals surface area (Å²) in [5.41, 5.74) is 30.7. The molecule has 0 radical (unpaired) electrons. The molecule has 0 saturated carbocycles. The summed E-state index contributed by atoms with van der Waals surface area (Å²) < 4.78 is 0. The number of aromatic hydroxyl groups is 4. The lowest BCUT2D eigenvalue weighted by Gasteiger charge is -2.21. The molecule has 0 heterocycles. The largest absolute Gasteiger partial charge is 0.507 e. The standard InChI is InChI=1S/C16H10.2C14H10N2O4.C14H9NO2/c1-2-12-11-13-7-3-4-9-15(13)16-10-6-5-8-14(12)16;15-5-1-3-7(17)11-9(5)13(19)12-8(18)4-2-6(16)10(12)14(11)20;15-5-1-3-7(17)11-9(5)13(19)10-6(16)2-4-8(18)12(10)14(11)20;15-11-7-3-6-10-12(11)14(17)9-5-2-1-4-8(9)13(10)16/h1,3-11H;2*1-4,17-18H,15-16H2;1-7H,15H2. The highest BCUT2D eigenvalue weighted by Crippen LogP contribution is 2.43. The van der Waals surface area contributed by atoms with Gasteiger partial charge in [0, 0.05) is 50.7 Å². The predicted octanol–water partition coefficient (Wildman–Crippen LogP) is 8.09. The Hall–Kier alpha value is -10.7. The fourth-order valence-corrected chi connectivity index (χ4v) is 9.17. The van der Waals surface area contributed by atoms with Crippen LogP contribution in [-0.2, 0) is 0 Å². The van der Waals surface area contributed by atoms with Gasteiger partial charge >= 0.3 is 0 Å². The van der Waals surface area contributed by atoms with Gasteiger partial charge < -0.3 is 49.1 Å². The average Bonchev–Trinajstić information content (AvgIpc) is 3.39. The Morgan fingerprint density at radius 1 is 0.315 bits per heavy atom. The second-order valence-electron chi connectivity index (χ2n) is 16.8. The molecule has 0 spiro atoms. The zero-order chi connectivity index (χ0) is 52.2. The van der Waals surface area contributed by atoms with Crippen molar-refractivity contribution < 1.29 is 49.2 Å². The molecule has 356 valence electrons. The number of hydrogen-bond acceptors (Lipinski definition) is 15. The van der Waals surface area contributed by atoms with Crippen molar-refractivity contribution >= 4 is 84.7 Å². The van der Waals surface area contributed by atoms with Gasteiger partial charge in [0.05, 0.1) is 50.1 Å². The number of carbonyl (C=O) groups excluding carboxylic acids is 6. The third-order valence-corrected chi connectivity index (χ3v) is 12.6. The number of hydrogen-bond donors (Lipinski definition) is 9. The van der Waals surface area contributed by atoms with Crippen molar-refractivity contribution in [1.82, 2.24) is 0 Å². The van der Waals surface area contributed by atoms with E-state index in [0.29, 0.717) is 27.9 Å². The highest BCUT2D eigenvalue weighted by atomic mass is 16.3. The summed E-state index contributed by atoms with van der Waals surface area (Å²) in [6.07, 6.45) is 5.56. The van der Waals surface area contributed by atoms with E-state index in [4.69, 9.17) is 35.1 Å². The number of fused-ring (bicyclic) bond motifs is 9. The highest BCUT2D eigenvalue weighted by molar-refractivity contribution is 6.34. The minimum atomic E-state index is -0.677. The van der Waals surface area contributed by atoms with Gasteiger partial charge in [0.25, 0.3) is 0 Å². The molecule has 3 aliphatic rings. The fourth-order valence-electron chi connectivity index (χ4n) is 9.17. The van der Waals surface area contributed by atoms with Crippen molar-refractivity contribution in [2.75, 3.05) is 28.7 Å². The molecule has 15 nitrogen and oxygen atoms in total. The average molecular weight is 966 g/mol. The Kier molecular flexibility index (Phi) is 11.9. The fraction of sp³-hybridized carbons (Fsp3) is 0. The first-order chi connectivity index (χ1) is 35.0. The summed E-state index contributed by atoms with van der Waals surface area (Å²) >= 11 is 0. The van der Waals surface area contributed by atoms with Gasteiger partial charge in [0.2, 0.25) is 17.3 Å². The van der Waals surface area contributed by atoms with Crippen LogP contribution in [0.2, 0.25) is 0 Å². The Morgan fingerprint density at radius 2 is 0.658 bits per heavy atom. The third kappa shape index (κ3) is 7.79. The number of phenols is 4. The molecule has 15 heteroatoms. The minimum Gasteiger partial charge on any atom is -0.507 e. The smallest absolute Gasteiger partial charge is 0.202 e. The molecule has 0 unspecified atom stereocenters. The molecule has 0 saturated heterocycles. The third-order valence-electron chi connectivity index (χ3n) is 12.6. The Bertz CT molecular complexity index is 3610. The van der Waals surface area contributed by atoms with Crippen LogP contribution >= 0.6 is 0 Å². The maximum absolute atomic E-state index is 12.5. The molecular weight excluding hydrogens is 927 g/mol. The molecule has 73 heavy (non-hydrogen) atoms. The number of carbonyl (C=O) groups is 6. The number of nitrogens with two attached hydrogens (primary N) is 5. The van der Waals surface area contributed by atoms with Gasteiger partial charge in [-0.15, -0.1) is 6.42 Å². The number of anilines is 5. The molecule has 0 fully saturated rings. The summed E-state index contributed by atoms with van der Waals surface area (Å²) in [7, 11) is 0. The topological polar surface area (TPSA) is 313 Å². The van der Waals surface area contributed by atoms with E-state index < -0.39 is 23.1 Å². The van der Waals surface area contributed by atoms with Gasteiger partial charge in [-0.2, -0.15) is 0 Å². The first-order valence-corrected chi connectivity index (χ1v) is 22.0. The Morgan fingerprint density at radius 3 is 1.11 bits per heavy atom. The van der Waals surface area contributed by atoms with Crippen LogP contribution in [0.3, 0.4) is 0 Å². The molecule has 14 N–H and O–H groups in total. The van der Waals surface area contributed by atoms with Gasteiger partial charge in [0.15, 0.2) is 17.3 Å². The number of phenolic OH excluding ortho intramolecular Hbond substituents is 4. The number of rotatable bonds is 0. The van der Waals surface area contributed by atoms with Crippen molar-refractivity contribution in [3.63, 3.8) is 0 Å². The Labute approximate surface area is 414 Å². The van der Waals surface area contributed by atoms with Crippen molar-refractivity contribution in [2.24, 2.45) is 0 Å². The van der Waals surface area contributed by atoms with Crippen LogP contribution in [0.25, 0.3) is 21.5 Å². The maximum atomic E-state index is 12.5. The monoisotopic (exact) mass is 965 g/mol. The normalized spacial score (nSPS) is 12.5. The van der Waals surface area contributed by atoms with Crippen LogP contribution in [0.4, 0.5) is 28.4 Å². The zero-order valence-electron chi connectivity index (χ0n) is 38.1. The van der Waals surface area contributed by atoms with E-state index >= 15 is 0 Å². The van der Waals surface area contributed by atoms with E-state index in [0.717, 1.165) is 10.9 Å². The van der Waals surface area contributed by atoms with Gasteiger partial charge in [-0.1, -0.05) is 90.8 Å². The zero-order valence-corrected chi connectivity index (χ0v) is 38.1. The van der Waals surface area contributed by atoms with E-state index in [-0.39, 0.29) is 102 Å². The number of terminal acetylenes is 1. The molecule has 0 bridgehead atoms. The van der Waals surface area contributed by atoms with Gasteiger partial charge in [-0.25, -0.2) is 0 Å². The number of benzene rings is 9. The van der Waals surface area contributed by atoms with Crippen molar-refractivity contribution in [3.05, 3.63) is 218 Å². The lowest BCUT2D eigenvalue weighted by molar-refractivity contribution is 0.0975. The van der Waals surface area contributed by atoms with Crippen LogP contribution < -0.4 is 28.7 Å². The minimum absolute atomic E-state index is 0.0589. The molecule has 12 rings (SSSR count). The van der Waals surface area contributed by atoms with E-state index in [2.05, 4.69) is 48.4 Å². The van der Waals surface area contributed by atoms with E-state index in [9.17, 15) is 49.2 Å². The van der Waals surface area contributed by atoms with Crippen molar-refractivity contribution in [3.8, 4) is 35.3 Å². The van der Waals surface area contributed by atoms with Crippen LogP contribution in [0.1, 0.15) is 101 Å². The summed E-state index contributed by atoms with van der Waals surface area (Å²) in [5.74, 6) is -1.49. The second-order valence-corrected chi connectivity index (χ2v) is 16.8. The molecule has 0 aromatic heterocycles. The second kappa shape index (κ2) is 18.3. The quantitative estimate of drug-likeness (QED) is 0.0300. The summed E-state index contributed by atoms with van der Waals surface area (Å²) in [6.45, 7) is 0. The summed E-state index contributed by atoms with van der Waals surface area (Å²) in [4.78, 5) is 74.2. The lowest BCUT2D eigenvalue weighted by Crippen LogP contribution is -2.24. The SMILES string of the molecule is C#Cc1cc2ccccc2c2ccccc12.Nc1ccc(O)c2c1C(=O)c1c(N)ccc(O)c1C2=O.Nc1ccc(O)c2c1C(=O)c1c(O)ccc(N)c1C2=O.Nc1cccc2c1C(=O)c1ccccc1C2=O. The molecule has 3 aliphatic carbocycles. The van der Waals surface area contributed by atoms with Gasteiger partial charge in [0.1, 0.15) is 23.0 Å². The molecule has 9 aromatic carbocycles. The Balaban J connectivity index is 0.000000120.